The number of hydrogen-bond acceptors (Lipinski definition) is 5. The van der Waals surface area contributed by atoms with E-state index in [1.165, 1.54) is 0 Å². The number of piperazine rings is 1. The Balaban J connectivity index is 1.06. The van der Waals surface area contributed by atoms with Crippen LogP contribution in [0.5, 0.6) is 5.88 Å². The molecule has 1 aromatic heterocycles. The Labute approximate surface area is 188 Å². The number of pyridine rings is 1. The minimum atomic E-state index is -0.138. The first-order chi connectivity index (χ1) is 15.8. The van der Waals surface area contributed by atoms with E-state index in [4.69, 9.17) is 4.74 Å². The van der Waals surface area contributed by atoms with Gasteiger partial charge in [0.15, 0.2) is 0 Å². The topological polar surface area (TPSA) is 40.6 Å². The molecule has 0 saturated carbocycles. The maximum Gasteiger partial charge on any atom is 0.215 e. The Hall–Kier alpha value is -3.12. The normalized spacial score (nSPS) is 16.1. The zero-order valence-electron chi connectivity index (χ0n) is 18.3. The van der Waals surface area contributed by atoms with Gasteiger partial charge >= 0.3 is 0 Å². The summed E-state index contributed by atoms with van der Waals surface area (Å²) in [6.07, 6.45) is 6.26. The third kappa shape index (κ3) is 4.55. The standard InChI is InChI=1S/C26H29FN4O/c27-22-9-3-6-20-7-4-10-23(25(20)22)31-17-15-30(16-18-31)14-1-2-19-32-24-12-11-21-8-5-13-28-26(21)29-24/h3-12H,1-2,13-19H2,(H,28,29). The lowest BCUT2D eigenvalue weighted by atomic mass is 10.1. The van der Waals surface area contributed by atoms with Crippen LogP contribution in [0.2, 0.25) is 0 Å². The lowest BCUT2D eigenvalue weighted by Crippen LogP contribution is -2.46. The largest absolute Gasteiger partial charge is 0.478 e. The van der Waals surface area contributed by atoms with Crippen molar-refractivity contribution in [3.63, 3.8) is 0 Å². The van der Waals surface area contributed by atoms with Gasteiger partial charge in [0, 0.05) is 55.4 Å². The highest BCUT2D eigenvalue weighted by Gasteiger charge is 2.19. The van der Waals surface area contributed by atoms with Gasteiger partial charge in [0.1, 0.15) is 11.6 Å². The number of fused-ring (bicyclic) bond motifs is 2. The molecule has 0 unspecified atom stereocenters. The van der Waals surface area contributed by atoms with Crippen LogP contribution in [0.3, 0.4) is 0 Å². The molecule has 0 aliphatic carbocycles. The number of unbranched alkanes of at least 4 members (excludes halogenated alkanes) is 1. The van der Waals surface area contributed by atoms with Gasteiger partial charge in [0.2, 0.25) is 5.88 Å². The van der Waals surface area contributed by atoms with E-state index in [1.807, 2.05) is 36.4 Å². The van der Waals surface area contributed by atoms with Crippen LogP contribution in [0.1, 0.15) is 18.4 Å². The molecule has 2 aliphatic rings. The van der Waals surface area contributed by atoms with Gasteiger partial charge in [-0.1, -0.05) is 36.4 Å². The van der Waals surface area contributed by atoms with Gasteiger partial charge in [0.05, 0.1) is 6.61 Å². The quantitative estimate of drug-likeness (QED) is 0.544. The minimum absolute atomic E-state index is 0.138. The molecule has 0 bridgehead atoms. The molecular weight excluding hydrogens is 403 g/mol. The predicted molar refractivity (Wildman–Crippen MR) is 129 cm³/mol. The van der Waals surface area contributed by atoms with E-state index in [9.17, 15) is 4.39 Å². The molecular formula is C26H29FN4O. The molecule has 2 aliphatic heterocycles. The Morgan fingerprint density at radius 3 is 2.69 bits per heavy atom. The van der Waals surface area contributed by atoms with Gasteiger partial charge in [-0.05, 0) is 43.0 Å². The maximum atomic E-state index is 14.5. The van der Waals surface area contributed by atoms with Crippen molar-refractivity contribution in [2.45, 2.75) is 12.8 Å². The molecule has 0 radical (unpaired) electrons. The first-order valence-corrected chi connectivity index (χ1v) is 11.5. The van der Waals surface area contributed by atoms with E-state index in [2.05, 4.69) is 32.3 Å². The Morgan fingerprint density at radius 1 is 0.969 bits per heavy atom. The molecule has 0 atom stereocenters. The number of benzene rings is 2. The number of ether oxygens (including phenoxy) is 1. The van der Waals surface area contributed by atoms with Crippen molar-refractivity contribution in [1.82, 2.24) is 9.88 Å². The summed E-state index contributed by atoms with van der Waals surface area (Å²) in [5, 5.41) is 4.97. The van der Waals surface area contributed by atoms with Crippen LogP contribution in [0, 0.1) is 5.82 Å². The predicted octanol–water partition coefficient (Wildman–Crippen LogP) is 4.79. The van der Waals surface area contributed by atoms with Crippen molar-refractivity contribution in [3.05, 3.63) is 66.0 Å². The second-order valence-electron chi connectivity index (χ2n) is 8.37. The molecule has 0 amide bonds. The molecule has 1 saturated heterocycles. The first kappa shape index (κ1) is 20.8. The molecule has 3 aromatic rings. The third-order valence-corrected chi connectivity index (χ3v) is 6.25. The van der Waals surface area contributed by atoms with Crippen molar-refractivity contribution in [2.75, 3.05) is 56.1 Å². The number of nitrogens with zero attached hydrogens (tertiary/aromatic N) is 3. The van der Waals surface area contributed by atoms with E-state index in [1.54, 1.807) is 12.1 Å². The molecule has 166 valence electrons. The van der Waals surface area contributed by atoms with Crippen molar-refractivity contribution >= 4 is 28.4 Å². The van der Waals surface area contributed by atoms with Crippen LogP contribution in [-0.2, 0) is 0 Å². The van der Waals surface area contributed by atoms with Gasteiger partial charge in [-0.3, -0.25) is 4.90 Å². The Bertz CT molecular complexity index is 1100. The highest BCUT2D eigenvalue weighted by molar-refractivity contribution is 5.94. The Morgan fingerprint density at radius 2 is 1.81 bits per heavy atom. The van der Waals surface area contributed by atoms with Crippen molar-refractivity contribution < 1.29 is 9.13 Å². The fourth-order valence-electron chi connectivity index (χ4n) is 4.52. The van der Waals surface area contributed by atoms with Crippen LogP contribution < -0.4 is 15.0 Å². The van der Waals surface area contributed by atoms with Crippen LogP contribution in [0.15, 0.2) is 54.6 Å². The van der Waals surface area contributed by atoms with E-state index in [0.717, 1.165) is 80.0 Å². The molecule has 1 fully saturated rings. The highest BCUT2D eigenvalue weighted by atomic mass is 19.1. The van der Waals surface area contributed by atoms with Crippen LogP contribution in [-0.4, -0.2) is 55.8 Å². The second-order valence-corrected chi connectivity index (χ2v) is 8.37. The number of hydrogen-bond donors (Lipinski definition) is 1. The van der Waals surface area contributed by atoms with Gasteiger partial charge in [-0.15, -0.1) is 0 Å². The number of halogens is 1. The van der Waals surface area contributed by atoms with Gasteiger partial charge in [-0.25, -0.2) is 4.39 Å². The molecule has 32 heavy (non-hydrogen) atoms. The van der Waals surface area contributed by atoms with Crippen molar-refractivity contribution in [3.8, 4) is 5.88 Å². The summed E-state index contributed by atoms with van der Waals surface area (Å²) in [5.74, 6) is 1.44. The van der Waals surface area contributed by atoms with Crippen LogP contribution in [0.4, 0.5) is 15.9 Å². The fraction of sp³-hybridized carbons (Fsp3) is 0.346. The SMILES string of the molecule is Fc1cccc2cccc(N3CCN(CCCCOc4ccc5c(n4)NCC=C5)CC3)c12. The maximum absolute atomic E-state index is 14.5. The molecule has 3 heterocycles. The average Bonchev–Trinajstić information content (AvgIpc) is 2.84. The molecule has 5 rings (SSSR count). The minimum Gasteiger partial charge on any atom is -0.478 e. The van der Waals surface area contributed by atoms with Gasteiger partial charge in [0.25, 0.3) is 0 Å². The summed E-state index contributed by atoms with van der Waals surface area (Å²) >= 11 is 0. The van der Waals surface area contributed by atoms with Crippen LogP contribution >= 0.6 is 0 Å². The molecule has 6 heteroatoms. The lowest BCUT2D eigenvalue weighted by molar-refractivity contribution is 0.237. The number of rotatable bonds is 7. The number of aromatic nitrogens is 1. The highest BCUT2D eigenvalue weighted by Crippen LogP contribution is 2.30. The summed E-state index contributed by atoms with van der Waals surface area (Å²) in [4.78, 5) is 9.35. The van der Waals surface area contributed by atoms with Gasteiger partial charge < -0.3 is 15.0 Å². The zero-order chi connectivity index (χ0) is 21.8. The summed E-state index contributed by atoms with van der Waals surface area (Å²) in [6, 6.07) is 15.3. The average molecular weight is 433 g/mol. The molecule has 2 aromatic carbocycles. The van der Waals surface area contributed by atoms with Crippen LogP contribution in [0.25, 0.3) is 16.8 Å². The summed E-state index contributed by atoms with van der Waals surface area (Å²) < 4.78 is 20.3. The second kappa shape index (κ2) is 9.57. The van der Waals surface area contributed by atoms with E-state index in [-0.39, 0.29) is 5.82 Å². The fourth-order valence-corrected chi connectivity index (χ4v) is 4.52. The summed E-state index contributed by atoms with van der Waals surface area (Å²) in [5.41, 5.74) is 2.12. The summed E-state index contributed by atoms with van der Waals surface area (Å²) in [7, 11) is 0. The smallest absolute Gasteiger partial charge is 0.215 e. The van der Waals surface area contributed by atoms with E-state index >= 15 is 0 Å². The number of nitrogens with one attached hydrogen (secondary N) is 1. The Kier molecular flexibility index (Phi) is 6.21. The van der Waals surface area contributed by atoms with E-state index in [0.29, 0.717) is 12.5 Å². The monoisotopic (exact) mass is 432 g/mol. The van der Waals surface area contributed by atoms with Crippen molar-refractivity contribution in [1.29, 1.82) is 0 Å². The van der Waals surface area contributed by atoms with E-state index < -0.39 is 0 Å². The lowest BCUT2D eigenvalue weighted by Gasteiger charge is -2.36. The molecule has 1 N–H and O–H groups in total. The number of anilines is 2. The van der Waals surface area contributed by atoms with Gasteiger partial charge in [-0.2, -0.15) is 4.98 Å². The molecule has 0 spiro atoms. The third-order valence-electron chi connectivity index (χ3n) is 6.25. The molecule has 5 nitrogen and oxygen atoms in total. The summed E-state index contributed by atoms with van der Waals surface area (Å²) in [6.45, 7) is 6.39. The van der Waals surface area contributed by atoms with Crippen molar-refractivity contribution in [2.24, 2.45) is 0 Å². The first-order valence-electron chi connectivity index (χ1n) is 11.5. The zero-order valence-corrected chi connectivity index (χ0v) is 18.3.